The molecule has 3 N–H and O–H groups in total. The molecule has 3 aromatic rings. The largest absolute Gasteiger partial charge is 0.507 e. The Morgan fingerprint density at radius 3 is 2.67 bits per heavy atom. The van der Waals surface area contributed by atoms with Gasteiger partial charge < -0.3 is 20.5 Å². The van der Waals surface area contributed by atoms with Gasteiger partial charge in [-0.1, -0.05) is 0 Å². The number of hydrogen-bond donors (Lipinski definition) is 3. The first-order valence-electron chi connectivity index (χ1n) is 9.99. The SMILES string of the molecule is COc1ccc(-n2c(C(=O)NC(C)C)nnc2-c2ccc3c(c2O)CCCN3)cc1. The van der Waals surface area contributed by atoms with E-state index in [-0.39, 0.29) is 23.5 Å². The minimum Gasteiger partial charge on any atom is -0.507 e. The molecule has 0 bridgehead atoms. The van der Waals surface area contributed by atoms with Crippen LogP contribution in [-0.4, -0.2) is 45.5 Å². The standard InChI is InChI=1S/C22H25N5O3/c1-13(2)24-22(29)21-26-25-20(27(21)14-6-8-15(30-3)9-7-14)17-10-11-18-16(19(17)28)5-4-12-23-18/h6-11,13,23,28H,4-5,12H2,1-3H3,(H,24,29). The third-order valence-corrected chi connectivity index (χ3v) is 5.06. The van der Waals surface area contributed by atoms with Crippen LogP contribution in [0.2, 0.25) is 0 Å². The van der Waals surface area contributed by atoms with E-state index in [0.29, 0.717) is 22.8 Å². The molecule has 0 radical (unpaired) electrons. The van der Waals surface area contributed by atoms with E-state index in [0.717, 1.165) is 30.6 Å². The molecule has 1 aromatic heterocycles. The molecule has 0 unspecified atom stereocenters. The number of hydrogen-bond acceptors (Lipinski definition) is 6. The molecule has 1 aliphatic heterocycles. The number of carbonyl (C=O) groups excluding carboxylic acids is 1. The first-order valence-corrected chi connectivity index (χ1v) is 9.99. The van der Waals surface area contributed by atoms with Crippen molar-refractivity contribution in [3.8, 4) is 28.6 Å². The Bertz CT molecular complexity index is 1070. The maximum absolute atomic E-state index is 12.8. The van der Waals surface area contributed by atoms with Crippen molar-refractivity contribution < 1.29 is 14.6 Å². The lowest BCUT2D eigenvalue weighted by Crippen LogP contribution is -2.32. The smallest absolute Gasteiger partial charge is 0.289 e. The lowest BCUT2D eigenvalue weighted by Gasteiger charge is -2.20. The molecular weight excluding hydrogens is 382 g/mol. The first kappa shape index (κ1) is 19.8. The van der Waals surface area contributed by atoms with Crippen LogP contribution in [0.1, 0.15) is 36.5 Å². The third-order valence-electron chi connectivity index (χ3n) is 5.06. The molecule has 4 rings (SSSR count). The van der Waals surface area contributed by atoms with Gasteiger partial charge in [-0.05, 0) is 63.1 Å². The first-order chi connectivity index (χ1) is 14.5. The van der Waals surface area contributed by atoms with E-state index < -0.39 is 0 Å². The molecule has 0 spiro atoms. The number of phenolic OH excluding ortho intramolecular Hbond substituents is 1. The third kappa shape index (κ3) is 3.56. The van der Waals surface area contributed by atoms with Gasteiger partial charge in [0.15, 0.2) is 5.82 Å². The Morgan fingerprint density at radius 1 is 1.20 bits per heavy atom. The van der Waals surface area contributed by atoms with E-state index in [1.54, 1.807) is 29.9 Å². The van der Waals surface area contributed by atoms with E-state index in [4.69, 9.17) is 4.74 Å². The molecule has 0 fully saturated rings. The minimum atomic E-state index is -0.335. The predicted octanol–water partition coefficient (Wildman–Crippen LogP) is 3.14. The molecule has 1 aliphatic rings. The lowest BCUT2D eigenvalue weighted by molar-refractivity contribution is 0.0930. The van der Waals surface area contributed by atoms with Crippen molar-refractivity contribution in [1.29, 1.82) is 0 Å². The number of aromatic hydroxyl groups is 1. The number of methoxy groups -OCH3 is 1. The van der Waals surface area contributed by atoms with Crippen molar-refractivity contribution in [2.75, 3.05) is 19.0 Å². The summed E-state index contributed by atoms with van der Waals surface area (Å²) in [4.78, 5) is 12.8. The molecular formula is C22H25N5O3. The zero-order chi connectivity index (χ0) is 21.3. The number of benzene rings is 2. The Kier molecular flexibility index (Phi) is 5.31. The summed E-state index contributed by atoms with van der Waals surface area (Å²) in [6, 6.07) is 11.0. The minimum absolute atomic E-state index is 0.0508. The molecule has 2 aromatic carbocycles. The van der Waals surface area contributed by atoms with E-state index >= 15 is 0 Å². The summed E-state index contributed by atoms with van der Waals surface area (Å²) in [6.07, 6.45) is 1.72. The second-order valence-corrected chi connectivity index (χ2v) is 7.53. The highest BCUT2D eigenvalue weighted by Crippen LogP contribution is 2.39. The van der Waals surface area contributed by atoms with Crippen molar-refractivity contribution in [2.24, 2.45) is 0 Å². The van der Waals surface area contributed by atoms with Crippen molar-refractivity contribution in [2.45, 2.75) is 32.7 Å². The Morgan fingerprint density at radius 2 is 1.97 bits per heavy atom. The Balaban J connectivity index is 1.88. The second-order valence-electron chi connectivity index (χ2n) is 7.53. The fraction of sp³-hybridized carbons (Fsp3) is 0.318. The molecule has 0 aliphatic carbocycles. The lowest BCUT2D eigenvalue weighted by atomic mass is 9.98. The van der Waals surface area contributed by atoms with Crippen LogP contribution in [0.25, 0.3) is 17.1 Å². The number of nitrogens with zero attached hydrogens (tertiary/aromatic N) is 3. The van der Waals surface area contributed by atoms with Crippen molar-refractivity contribution >= 4 is 11.6 Å². The zero-order valence-electron chi connectivity index (χ0n) is 17.3. The van der Waals surface area contributed by atoms with Gasteiger partial charge in [0.25, 0.3) is 5.91 Å². The summed E-state index contributed by atoms with van der Waals surface area (Å²) in [7, 11) is 1.60. The average molecular weight is 407 g/mol. The highest BCUT2D eigenvalue weighted by molar-refractivity contribution is 5.92. The fourth-order valence-corrected chi connectivity index (χ4v) is 3.63. The van der Waals surface area contributed by atoms with Crippen molar-refractivity contribution in [3.05, 3.63) is 47.8 Å². The maximum Gasteiger partial charge on any atom is 0.289 e. The predicted molar refractivity (Wildman–Crippen MR) is 114 cm³/mol. The van der Waals surface area contributed by atoms with Crippen LogP contribution >= 0.6 is 0 Å². The van der Waals surface area contributed by atoms with E-state index in [1.807, 2.05) is 32.0 Å². The van der Waals surface area contributed by atoms with Gasteiger partial charge in [0.1, 0.15) is 11.5 Å². The van der Waals surface area contributed by atoms with Crippen LogP contribution in [0.5, 0.6) is 11.5 Å². The molecule has 156 valence electrons. The van der Waals surface area contributed by atoms with Crippen LogP contribution in [-0.2, 0) is 6.42 Å². The Hall–Kier alpha value is -3.55. The highest BCUT2D eigenvalue weighted by Gasteiger charge is 2.25. The molecule has 8 heteroatoms. The fourth-order valence-electron chi connectivity index (χ4n) is 3.63. The number of nitrogens with one attached hydrogen (secondary N) is 2. The van der Waals surface area contributed by atoms with Gasteiger partial charge >= 0.3 is 0 Å². The second kappa shape index (κ2) is 8.06. The van der Waals surface area contributed by atoms with E-state index in [1.165, 1.54) is 0 Å². The average Bonchev–Trinajstić information content (AvgIpc) is 3.19. The van der Waals surface area contributed by atoms with Crippen LogP contribution in [0.4, 0.5) is 5.69 Å². The monoisotopic (exact) mass is 407 g/mol. The summed E-state index contributed by atoms with van der Waals surface area (Å²) in [5.74, 6) is 1.08. The van der Waals surface area contributed by atoms with Gasteiger partial charge in [-0.2, -0.15) is 0 Å². The zero-order valence-corrected chi connectivity index (χ0v) is 17.3. The number of carbonyl (C=O) groups is 1. The van der Waals surface area contributed by atoms with Gasteiger partial charge in [-0.25, -0.2) is 0 Å². The van der Waals surface area contributed by atoms with Crippen molar-refractivity contribution in [3.63, 3.8) is 0 Å². The summed E-state index contributed by atoms with van der Waals surface area (Å²) in [5, 5.41) is 25.6. The number of ether oxygens (including phenoxy) is 1. The number of fused-ring (bicyclic) bond motifs is 1. The van der Waals surface area contributed by atoms with Gasteiger partial charge in [-0.3, -0.25) is 9.36 Å². The van der Waals surface area contributed by atoms with Crippen molar-refractivity contribution in [1.82, 2.24) is 20.1 Å². The molecule has 2 heterocycles. The number of aromatic nitrogens is 3. The molecule has 0 saturated carbocycles. The van der Waals surface area contributed by atoms with Gasteiger partial charge in [0.05, 0.1) is 12.7 Å². The van der Waals surface area contributed by atoms with Crippen LogP contribution < -0.4 is 15.4 Å². The number of rotatable bonds is 5. The topological polar surface area (TPSA) is 101 Å². The molecule has 0 saturated heterocycles. The van der Waals surface area contributed by atoms with E-state index in [9.17, 15) is 9.90 Å². The summed E-state index contributed by atoms with van der Waals surface area (Å²) < 4.78 is 6.91. The summed E-state index contributed by atoms with van der Waals surface area (Å²) in [5.41, 5.74) is 3.01. The normalized spacial score (nSPS) is 12.9. The van der Waals surface area contributed by atoms with Gasteiger partial charge in [0, 0.05) is 29.5 Å². The summed E-state index contributed by atoms with van der Waals surface area (Å²) >= 11 is 0. The molecule has 30 heavy (non-hydrogen) atoms. The van der Waals surface area contributed by atoms with E-state index in [2.05, 4.69) is 20.8 Å². The Labute approximate surface area is 174 Å². The number of phenols is 1. The van der Waals surface area contributed by atoms with Crippen LogP contribution in [0, 0.1) is 0 Å². The highest BCUT2D eigenvalue weighted by atomic mass is 16.5. The number of amides is 1. The number of anilines is 1. The van der Waals surface area contributed by atoms with Crippen LogP contribution in [0.15, 0.2) is 36.4 Å². The van der Waals surface area contributed by atoms with Gasteiger partial charge in [-0.15, -0.1) is 10.2 Å². The molecule has 0 atom stereocenters. The summed E-state index contributed by atoms with van der Waals surface area (Å²) in [6.45, 7) is 4.65. The van der Waals surface area contributed by atoms with Gasteiger partial charge in [0.2, 0.25) is 5.82 Å². The molecule has 1 amide bonds. The van der Waals surface area contributed by atoms with Crippen LogP contribution in [0.3, 0.4) is 0 Å². The quantitative estimate of drug-likeness (QED) is 0.601. The molecule has 8 nitrogen and oxygen atoms in total. The maximum atomic E-state index is 12.8.